The van der Waals surface area contributed by atoms with Crippen molar-refractivity contribution in [1.29, 1.82) is 0 Å². The molecule has 0 aliphatic heterocycles. The number of carbonyl (C=O) groups is 2. The molecule has 19 heavy (non-hydrogen) atoms. The van der Waals surface area contributed by atoms with Crippen LogP contribution >= 0.6 is 23.2 Å². The molecule has 2 amide bonds. The molecule has 1 aromatic carbocycles. The number of aliphatic carboxylic acids is 1. The highest BCUT2D eigenvalue weighted by atomic mass is 35.5. The Balaban J connectivity index is 2.08. The first-order valence-electron chi connectivity index (χ1n) is 5.71. The van der Waals surface area contributed by atoms with Gasteiger partial charge in [-0.05, 0) is 31.4 Å². The number of carboxylic acids is 1. The minimum Gasteiger partial charge on any atom is -0.480 e. The van der Waals surface area contributed by atoms with E-state index in [1.807, 2.05) is 0 Å². The molecule has 0 aromatic heterocycles. The van der Waals surface area contributed by atoms with Crippen molar-refractivity contribution in [1.82, 2.24) is 5.32 Å². The number of rotatable bonds is 3. The summed E-state index contributed by atoms with van der Waals surface area (Å²) < 4.78 is 0. The van der Waals surface area contributed by atoms with Crippen molar-refractivity contribution in [3.05, 3.63) is 28.2 Å². The van der Waals surface area contributed by atoms with Crippen LogP contribution in [0.25, 0.3) is 0 Å². The second kappa shape index (κ2) is 5.27. The number of nitrogens with one attached hydrogen (secondary N) is 2. The predicted octanol–water partition coefficient (Wildman–Crippen LogP) is 3.12. The molecule has 0 spiro atoms. The smallest absolute Gasteiger partial charge is 0.329 e. The van der Waals surface area contributed by atoms with Crippen LogP contribution in [0.4, 0.5) is 10.5 Å². The fourth-order valence-electron chi connectivity index (χ4n) is 1.90. The van der Waals surface area contributed by atoms with Crippen molar-refractivity contribution in [2.75, 3.05) is 5.32 Å². The van der Waals surface area contributed by atoms with E-state index < -0.39 is 17.5 Å². The Morgan fingerprint density at radius 3 is 2.21 bits per heavy atom. The van der Waals surface area contributed by atoms with Crippen LogP contribution in [-0.2, 0) is 4.79 Å². The van der Waals surface area contributed by atoms with Crippen molar-refractivity contribution < 1.29 is 14.7 Å². The van der Waals surface area contributed by atoms with Gasteiger partial charge in [0.05, 0.1) is 15.7 Å². The van der Waals surface area contributed by atoms with Gasteiger partial charge in [-0.25, -0.2) is 9.59 Å². The largest absolute Gasteiger partial charge is 0.480 e. The van der Waals surface area contributed by atoms with Gasteiger partial charge in [-0.2, -0.15) is 0 Å². The molecule has 2 rings (SSSR count). The Hall–Kier alpha value is -1.46. The molecule has 1 fully saturated rings. The lowest BCUT2D eigenvalue weighted by atomic mass is 9.77. The second-order valence-corrected chi connectivity index (χ2v) is 5.23. The van der Waals surface area contributed by atoms with Crippen molar-refractivity contribution >= 4 is 40.9 Å². The zero-order valence-electron chi connectivity index (χ0n) is 9.87. The number of carboxylic acid groups (broad SMARTS) is 1. The Kier molecular flexibility index (Phi) is 3.87. The molecule has 0 unspecified atom stereocenters. The molecule has 7 heteroatoms. The number of hydrogen-bond acceptors (Lipinski definition) is 2. The minimum atomic E-state index is -1.17. The van der Waals surface area contributed by atoms with Crippen molar-refractivity contribution in [2.45, 2.75) is 24.8 Å². The maximum Gasteiger partial charge on any atom is 0.329 e. The number of urea groups is 1. The first kappa shape index (κ1) is 14.0. The molecule has 0 bridgehead atoms. The van der Waals surface area contributed by atoms with Crippen LogP contribution in [0.1, 0.15) is 19.3 Å². The lowest BCUT2D eigenvalue weighted by molar-refractivity contribution is -0.148. The van der Waals surface area contributed by atoms with Crippen molar-refractivity contribution in [2.24, 2.45) is 0 Å². The summed E-state index contributed by atoms with van der Waals surface area (Å²) in [7, 11) is 0. The van der Waals surface area contributed by atoms with Crippen LogP contribution in [0.15, 0.2) is 18.2 Å². The number of hydrogen-bond donors (Lipinski definition) is 3. The van der Waals surface area contributed by atoms with E-state index in [0.717, 1.165) is 6.42 Å². The van der Waals surface area contributed by atoms with Crippen LogP contribution in [0.3, 0.4) is 0 Å². The van der Waals surface area contributed by atoms with E-state index in [-0.39, 0.29) is 5.69 Å². The second-order valence-electron chi connectivity index (χ2n) is 4.42. The monoisotopic (exact) mass is 302 g/mol. The molecule has 1 aromatic rings. The fourth-order valence-corrected chi connectivity index (χ4v) is 2.39. The summed E-state index contributed by atoms with van der Waals surface area (Å²) in [6.07, 6.45) is 1.62. The highest BCUT2D eigenvalue weighted by Gasteiger charge is 2.45. The average Bonchev–Trinajstić information content (AvgIpc) is 2.28. The molecule has 102 valence electrons. The normalized spacial score (nSPS) is 16.3. The molecular weight excluding hydrogens is 291 g/mol. The molecule has 0 heterocycles. The van der Waals surface area contributed by atoms with Gasteiger partial charge >= 0.3 is 12.0 Å². The van der Waals surface area contributed by atoms with Crippen LogP contribution in [0.5, 0.6) is 0 Å². The summed E-state index contributed by atoms with van der Waals surface area (Å²) in [5.74, 6) is -1.03. The van der Waals surface area contributed by atoms with Gasteiger partial charge in [-0.1, -0.05) is 29.3 Å². The van der Waals surface area contributed by atoms with Gasteiger partial charge in [-0.15, -0.1) is 0 Å². The summed E-state index contributed by atoms with van der Waals surface area (Å²) in [4.78, 5) is 23.0. The number of carbonyl (C=O) groups excluding carboxylic acids is 1. The van der Waals surface area contributed by atoms with Crippen molar-refractivity contribution in [3.63, 3.8) is 0 Å². The molecule has 1 aliphatic rings. The van der Waals surface area contributed by atoms with Crippen LogP contribution in [0.2, 0.25) is 10.0 Å². The first-order valence-corrected chi connectivity index (χ1v) is 6.47. The SMILES string of the molecule is O=C(Nc1c(Cl)cccc1Cl)NC1(C(=O)O)CCC1. The summed E-state index contributed by atoms with van der Waals surface area (Å²) in [5, 5.41) is 14.6. The lowest BCUT2D eigenvalue weighted by Crippen LogP contribution is -2.60. The summed E-state index contributed by atoms with van der Waals surface area (Å²) in [5.41, 5.74) is -0.902. The zero-order chi connectivity index (χ0) is 14.0. The maximum atomic E-state index is 11.8. The number of anilines is 1. The van der Waals surface area contributed by atoms with E-state index >= 15 is 0 Å². The predicted molar refractivity (Wildman–Crippen MR) is 72.8 cm³/mol. The zero-order valence-corrected chi connectivity index (χ0v) is 11.4. The van der Waals surface area contributed by atoms with Gasteiger partial charge in [0.1, 0.15) is 5.54 Å². The van der Waals surface area contributed by atoms with Gasteiger partial charge in [0.25, 0.3) is 0 Å². The Morgan fingerprint density at radius 1 is 1.21 bits per heavy atom. The molecular formula is C12H12Cl2N2O3. The molecule has 3 N–H and O–H groups in total. The molecule has 1 aliphatic carbocycles. The number of benzene rings is 1. The number of para-hydroxylation sites is 1. The third-order valence-electron chi connectivity index (χ3n) is 3.17. The molecule has 0 atom stereocenters. The number of amides is 2. The van der Waals surface area contributed by atoms with Gasteiger partial charge < -0.3 is 15.7 Å². The summed E-state index contributed by atoms with van der Waals surface area (Å²) >= 11 is 11.8. The lowest BCUT2D eigenvalue weighted by Gasteiger charge is -2.38. The third kappa shape index (κ3) is 2.77. The van der Waals surface area contributed by atoms with Crippen molar-refractivity contribution in [3.8, 4) is 0 Å². The summed E-state index contributed by atoms with van der Waals surface area (Å²) in [6, 6.07) is 4.19. The van der Waals surface area contributed by atoms with Crippen LogP contribution < -0.4 is 10.6 Å². The highest BCUT2D eigenvalue weighted by Crippen LogP contribution is 2.33. The standard InChI is InChI=1S/C12H12Cl2N2O3/c13-7-3-1-4-8(14)9(7)15-11(19)16-12(10(17)18)5-2-6-12/h1,3-4H,2,5-6H2,(H,17,18)(H2,15,16,19). The van der Waals surface area contributed by atoms with E-state index in [1.165, 1.54) is 0 Å². The van der Waals surface area contributed by atoms with Gasteiger partial charge in [-0.3, -0.25) is 0 Å². The molecule has 1 saturated carbocycles. The number of halogens is 2. The topological polar surface area (TPSA) is 78.4 Å². The van der Waals surface area contributed by atoms with E-state index in [0.29, 0.717) is 22.9 Å². The van der Waals surface area contributed by atoms with Gasteiger partial charge in [0, 0.05) is 0 Å². The molecule has 0 saturated heterocycles. The third-order valence-corrected chi connectivity index (χ3v) is 3.80. The van der Waals surface area contributed by atoms with Crippen LogP contribution in [-0.4, -0.2) is 22.6 Å². The fraction of sp³-hybridized carbons (Fsp3) is 0.333. The highest BCUT2D eigenvalue weighted by molar-refractivity contribution is 6.39. The van der Waals surface area contributed by atoms with Crippen LogP contribution in [0, 0.1) is 0 Å². The quantitative estimate of drug-likeness (QED) is 0.802. The van der Waals surface area contributed by atoms with E-state index in [9.17, 15) is 9.59 Å². The Bertz CT molecular complexity index is 509. The Labute approximate surface area is 119 Å². The Morgan fingerprint density at radius 2 is 1.79 bits per heavy atom. The average molecular weight is 303 g/mol. The van der Waals surface area contributed by atoms with Gasteiger partial charge in [0.15, 0.2) is 0 Å². The summed E-state index contributed by atoms with van der Waals surface area (Å²) in [6.45, 7) is 0. The first-order chi connectivity index (χ1) is 8.94. The molecule has 0 radical (unpaired) electrons. The maximum absolute atomic E-state index is 11.8. The van der Waals surface area contributed by atoms with E-state index in [2.05, 4.69) is 10.6 Å². The van der Waals surface area contributed by atoms with Gasteiger partial charge in [0.2, 0.25) is 0 Å². The van der Waals surface area contributed by atoms with E-state index in [1.54, 1.807) is 18.2 Å². The molecule has 5 nitrogen and oxygen atoms in total. The van der Waals surface area contributed by atoms with E-state index in [4.69, 9.17) is 28.3 Å². The minimum absolute atomic E-state index is 0.267.